The maximum Gasteiger partial charge on any atom is 0.139 e. The van der Waals surface area contributed by atoms with Crippen molar-refractivity contribution in [2.45, 2.75) is 39.0 Å². The number of fused-ring (bicyclic) bond motifs is 1. The summed E-state index contributed by atoms with van der Waals surface area (Å²) in [5.41, 5.74) is -0.269. The van der Waals surface area contributed by atoms with Gasteiger partial charge >= 0.3 is 0 Å². The van der Waals surface area contributed by atoms with Gasteiger partial charge in [-0.2, -0.15) is 0 Å². The van der Waals surface area contributed by atoms with Gasteiger partial charge in [0.1, 0.15) is 11.6 Å². The predicted molar refractivity (Wildman–Crippen MR) is 44.7 cm³/mol. The monoisotopic (exact) mass is 166 g/mol. The maximum absolute atomic E-state index is 11.5. The molecule has 0 spiro atoms. The van der Waals surface area contributed by atoms with Crippen molar-refractivity contribution in [2.24, 2.45) is 11.3 Å². The van der Waals surface area contributed by atoms with E-state index in [9.17, 15) is 9.59 Å². The third-order valence-corrected chi connectivity index (χ3v) is 3.57. The number of ketones is 2. The summed E-state index contributed by atoms with van der Waals surface area (Å²) in [7, 11) is 0. The average molecular weight is 166 g/mol. The van der Waals surface area contributed by atoms with Gasteiger partial charge in [-0.1, -0.05) is 6.92 Å². The van der Waals surface area contributed by atoms with Crippen LogP contribution in [0.3, 0.4) is 0 Å². The summed E-state index contributed by atoms with van der Waals surface area (Å²) in [4.78, 5) is 23.0. The Hall–Kier alpha value is -0.660. The van der Waals surface area contributed by atoms with Gasteiger partial charge in [0.2, 0.25) is 0 Å². The lowest BCUT2D eigenvalue weighted by molar-refractivity contribution is -0.136. The van der Waals surface area contributed by atoms with Gasteiger partial charge in [0.25, 0.3) is 0 Å². The standard InChI is InChI=1S/C10H14O2/c1-10-6-2-3-8(11)7(10)4-5-9(10)12/h7H,2-6H2,1H3/t7-,10+/m1/s1. The molecule has 2 fully saturated rings. The molecule has 0 heterocycles. The first-order valence-electron chi connectivity index (χ1n) is 4.70. The van der Waals surface area contributed by atoms with Crippen LogP contribution in [-0.2, 0) is 9.59 Å². The smallest absolute Gasteiger partial charge is 0.139 e. The van der Waals surface area contributed by atoms with Crippen molar-refractivity contribution >= 4 is 11.6 Å². The van der Waals surface area contributed by atoms with Crippen LogP contribution in [0.4, 0.5) is 0 Å². The molecule has 2 atom stereocenters. The number of hydrogen-bond acceptors (Lipinski definition) is 2. The molecule has 0 aromatic carbocycles. The summed E-state index contributed by atoms with van der Waals surface area (Å²) in [6.45, 7) is 1.98. The van der Waals surface area contributed by atoms with Crippen LogP contribution in [0.1, 0.15) is 39.0 Å². The second-order valence-electron chi connectivity index (χ2n) is 4.25. The molecule has 2 heteroatoms. The Bertz CT molecular complexity index is 244. The Morgan fingerprint density at radius 1 is 1.33 bits per heavy atom. The Kier molecular flexibility index (Phi) is 1.60. The summed E-state index contributed by atoms with van der Waals surface area (Å²) < 4.78 is 0. The minimum atomic E-state index is -0.269. The SMILES string of the molecule is C[C@]12CCCC(=O)[C@H]1CCC2=O. The topological polar surface area (TPSA) is 34.1 Å². The molecule has 12 heavy (non-hydrogen) atoms. The normalized spacial score (nSPS) is 41.6. The highest BCUT2D eigenvalue weighted by atomic mass is 16.1. The predicted octanol–water partition coefficient (Wildman–Crippen LogP) is 1.72. The molecule has 2 nitrogen and oxygen atoms in total. The van der Waals surface area contributed by atoms with E-state index < -0.39 is 0 Å². The van der Waals surface area contributed by atoms with E-state index in [0.29, 0.717) is 24.4 Å². The molecule has 0 aromatic rings. The molecular weight excluding hydrogens is 152 g/mol. The first kappa shape index (κ1) is 7.96. The van der Waals surface area contributed by atoms with E-state index in [0.717, 1.165) is 19.3 Å². The van der Waals surface area contributed by atoms with E-state index in [1.165, 1.54) is 0 Å². The molecule has 0 saturated heterocycles. The average Bonchev–Trinajstić information content (AvgIpc) is 2.30. The van der Waals surface area contributed by atoms with Crippen LogP contribution in [0.15, 0.2) is 0 Å². The van der Waals surface area contributed by atoms with Crippen molar-refractivity contribution in [3.8, 4) is 0 Å². The summed E-state index contributed by atoms with van der Waals surface area (Å²) in [5.74, 6) is 0.717. The van der Waals surface area contributed by atoms with Crippen LogP contribution in [0.2, 0.25) is 0 Å². The zero-order valence-electron chi connectivity index (χ0n) is 7.43. The zero-order chi connectivity index (χ0) is 8.77. The lowest BCUT2D eigenvalue weighted by atomic mass is 9.68. The molecule has 2 saturated carbocycles. The van der Waals surface area contributed by atoms with E-state index in [2.05, 4.69) is 0 Å². The van der Waals surface area contributed by atoms with Crippen LogP contribution >= 0.6 is 0 Å². The number of carbonyl (C=O) groups excluding carboxylic acids is 2. The lowest BCUT2D eigenvalue weighted by Gasteiger charge is -2.33. The zero-order valence-corrected chi connectivity index (χ0v) is 7.43. The Labute approximate surface area is 72.3 Å². The number of Topliss-reactive ketones (excluding diaryl/α,β-unsaturated/α-hetero) is 2. The fourth-order valence-corrected chi connectivity index (χ4v) is 2.71. The highest BCUT2D eigenvalue weighted by Crippen LogP contribution is 2.47. The second-order valence-corrected chi connectivity index (χ2v) is 4.25. The fraction of sp³-hybridized carbons (Fsp3) is 0.800. The maximum atomic E-state index is 11.5. The van der Waals surface area contributed by atoms with Gasteiger partial charge < -0.3 is 0 Å². The Morgan fingerprint density at radius 3 is 2.75 bits per heavy atom. The molecule has 2 rings (SSSR count). The van der Waals surface area contributed by atoms with Gasteiger partial charge in [0.05, 0.1) is 0 Å². The molecule has 0 radical (unpaired) electrons. The summed E-state index contributed by atoms with van der Waals surface area (Å²) in [6.07, 6.45) is 3.99. The van der Waals surface area contributed by atoms with Crippen molar-refractivity contribution in [3.63, 3.8) is 0 Å². The largest absolute Gasteiger partial charge is 0.299 e. The summed E-state index contributed by atoms with van der Waals surface area (Å²) in [5, 5.41) is 0. The third kappa shape index (κ3) is 0.869. The molecule has 0 N–H and O–H groups in total. The van der Waals surface area contributed by atoms with Crippen molar-refractivity contribution < 1.29 is 9.59 Å². The van der Waals surface area contributed by atoms with Gasteiger partial charge in [-0.15, -0.1) is 0 Å². The minimum absolute atomic E-state index is 0.0683. The van der Waals surface area contributed by atoms with Crippen molar-refractivity contribution in [1.82, 2.24) is 0 Å². The Balaban J connectivity index is 2.32. The van der Waals surface area contributed by atoms with Crippen LogP contribution < -0.4 is 0 Å². The molecule has 0 amide bonds. The fourth-order valence-electron chi connectivity index (χ4n) is 2.71. The van der Waals surface area contributed by atoms with E-state index >= 15 is 0 Å². The third-order valence-electron chi connectivity index (χ3n) is 3.57. The summed E-state index contributed by atoms with van der Waals surface area (Å²) >= 11 is 0. The van der Waals surface area contributed by atoms with Gasteiger partial charge in [0, 0.05) is 24.2 Å². The molecular formula is C10H14O2. The molecule has 66 valence electrons. The first-order valence-corrected chi connectivity index (χ1v) is 4.70. The number of carbonyl (C=O) groups is 2. The number of rotatable bonds is 0. The van der Waals surface area contributed by atoms with E-state index in [1.54, 1.807) is 0 Å². The van der Waals surface area contributed by atoms with Crippen LogP contribution in [0, 0.1) is 11.3 Å². The van der Waals surface area contributed by atoms with Gasteiger partial charge in [-0.25, -0.2) is 0 Å². The molecule has 0 bridgehead atoms. The quantitative estimate of drug-likeness (QED) is 0.549. The van der Waals surface area contributed by atoms with Crippen molar-refractivity contribution in [3.05, 3.63) is 0 Å². The van der Waals surface area contributed by atoms with E-state index in [-0.39, 0.29) is 11.3 Å². The minimum Gasteiger partial charge on any atom is -0.299 e. The van der Waals surface area contributed by atoms with Crippen LogP contribution in [0.25, 0.3) is 0 Å². The van der Waals surface area contributed by atoms with Crippen LogP contribution in [-0.4, -0.2) is 11.6 Å². The molecule has 2 aliphatic rings. The molecule has 0 aromatic heterocycles. The van der Waals surface area contributed by atoms with Crippen LogP contribution in [0.5, 0.6) is 0 Å². The van der Waals surface area contributed by atoms with E-state index in [1.807, 2.05) is 6.92 Å². The van der Waals surface area contributed by atoms with Gasteiger partial charge in [-0.05, 0) is 19.3 Å². The highest BCUT2D eigenvalue weighted by molar-refractivity contribution is 5.96. The second kappa shape index (κ2) is 2.41. The molecule has 2 aliphatic carbocycles. The first-order chi connectivity index (χ1) is 5.64. The van der Waals surface area contributed by atoms with E-state index in [4.69, 9.17) is 0 Å². The van der Waals surface area contributed by atoms with Crippen molar-refractivity contribution in [1.29, 1.82) is 0 Å². The summed E-state index contributed by atoms with van der Waals surface area (Å²) in [6, 6.07) is 0. The molecule has 0 unspecified atom stereocenters. The number of hydrogen-bond donors (Lipinski definition) is 0. The molecule has 0 aliphatic heterocycles. The lowest BCUT2D eigenvalue weighted by Crippen LogP contribution is -2.37. The van der Waals surface area contributed by atoms with Gasteiger partial charge in [0.15, 0.2) is 0 Å². The van der Waals surface area contributed by atoms with Crippen molar-refractivity contribution in [2.75, 3.05) is 0 Å². The van der Waals surface area contributed by atoms with Gasteiger partial charge in [-0.3, -0.25) is 9.59 Å². The Morgan fingerprint density at radius 2 is 2.08 bits per heavy atom. The highest BCUT2D eigenvalue weighted by Gasteiger charge is 2.50.